The van der Waals surface area contributed by atoms with Gasteiger partial charge < -0.3 is 14.5 Å². The first-order valence-corrected chi connectivity index (χ1v) is 7.51. The summed E-state index contributed by atoms with van der Waals surface area (Å²) < 4.78 is 12.6. The van der Waals surface area contributed by atoms with Gasteiger partial charge in [0, 0.05) is 20.1 Å². The second-order valence-corrected chi connectivity index (χ2v) is 5.13. The molecule has 0 fully saturated rings. The van der Waals surface area contributed by atoms with Gasteiger partial charge >= 0.3 is 0 Å². The average molecular weight is 305 g/mol. The van der Waals surface area contributed by atoms with Gasteiger partial charge in [0.15, 0.2) is 0 Å². The van der Waals surface area contributed by atoms with Gasteiger partial charge in [-0.3, -0.25) is 9.48 Å². The Morgan fingerprint density at radius 3 is 2.82 bits per heavy atom. The minimum atomic E-state index is -0.321. The van der Waals surface area contributed by atoms with E-state index in [0.29, 0.717) is 24.6 Å². The van der Waals surface area contributed by atoms with E-state index in [9.17, 15) is 4.79 Å². The molecule has 120 valence electrons. The molecule has 6 nitrogen and oxygen atoms in total. The van der Waals surface area contributed by atoms with E-state index in [1.807, 2.05) is 32.9 Å². The van der Waals surface area contributed by atoms with Gasteiger partial charge in [-0.1, -0.05) is 6.92 Å². The van der Waals surface area contributed by atoms with Crippen LogP contribution in [0.3, 0.4) is 0 Å². The number of hydrogen-bond donors (Lipinski definition) is 1. The summed E-state index contributed by atoms with van der Waals surface area (Å²) in [5, 5.41) is 7.25. The number of carbonyl (C=O) groups excluding carboxylic acids is 1. The Hall–Kier alpha value is -2.08. The van der Waals surface area contributed by atoms with E-state index in [1.165, 1.54) is 0 Å². The molecule has 0 bridgehead atoms. The monoisotopic (exact) mass is 305 g/mol. The summed E-state index contributed by atoms with van der Waals surface area (Å²) in [7, 11) is 1.60. The van der Waals surface area contributed by atoms with Crippen molar-refractivity contribution >= 4 is 5.91 Å². The number of methoxy groups -OCH3 is 1. The molecular formula is C16H23N3O3. The molecule has 1 N–H and O–H groups in total. The lowest BCUT2D eigenvalue weighted by Crippen LogP contribution is -2.32. The van der Waals surface area contributed by atoms with Crippen LogP contribution in [0.5, 0.6) is 0 Å². The molecule has 0 aromatic carbocycles. The number of carbonyl (C=O) groups is 1. The number of hydrogen-bond acceptors (Lipinski definition) is 4. The molecular weight excluding hydrogens is 282 g/mol. The van der Waals surface area contributed by atoms with Crippen LogP contribution in [0, 0.1) is 6.92 Å². The Kier molecular flexibility index (Phi) is 5.38. The molecule has 1 atom stereocenters. The van der Waals surface area contributed by atoms with Gasteiger partial charge in [0.05, 0.1) is 12.3 Å². The summed E-state index contributed by atoms with van der Waals surface area (Å²) in [5.41, 5.74) is 1.37. The first-order valence-electron chi connectivity index (χ1n) is 7.51. The summed E-state index contributed by atoms with van der Waals surface area (Å²) in [6, 6.07) is 5.26. The maximum Gasteiger partial charge on any atom is 0.270 e. The minimum absolute atomic E-state index is 0.182. The average Bonchev–Trinajstić information content (AvgIpc) is 3.12. The fraction of sp³-hybridized carbons (Fsp3) is 0.500. The molecule has 0 radical (unpaired) electrons. The zero-order chi connectivity index (χ0) is 16.1. The van der Waals surface area contributed by atoms with Gasteiger partial charge in [0.2, 0.25) is 0 Å². The van der Waals surface area contributed by atoms with E-state index in [4.69, 9.17) is 9.15 Å². The van der Waals surface area contributed by atoms with Crippen molar-refractivity contribution in [2.45, 2.75) is 39.8 Å². The van der Waals surface area contributed by atoms with Crippen LogP contribution in [0.2, 0.25) is 0 Å². The van der Waals surface area contributed by atoms with Crippen molar-refractivity contribution in [3.05, 3.63) is 41.1 Å². The van der Waals surface area contributed by atoms with Gasteiger partial charge in [-0.15, -0.1) is 0 Å². The molecule has 1 amide bonds. The van der Waals surface area contributed by atoms with Gasteiger partial charge in [-0.05, 0) is 32.0 Å². The van der Waals surface area contributed by atoms with Crippen molar-refractivity contribution < 1.29 is 13.9 Å². The van der Waals surface area contributed by atoms with E-state index in [-0.39, 0.29) is 11.9 Å². The van der Waals surface area contributed by atoms with Crippen molar-refractivity contribution in [2.75, 3.05) is 13.7 Å². The summed E-state index contributed by atoms with van der Waals surface area (Å²) in [5.74, 6) is 1.41. The smallest absolute Gasteiger partial charge is 0.270 e. The molecule has 2 aromatic heterocycles. The number of aryl methyl sites for hydroxylation is 3. The van der Waals surface area contributed by atoms with Crippen LogP contribution in [0.15, 0.2) is 22.6 Å². The molecule has 0 unspecified atom stereocenters. The number of amides is 1. The number of aromatic nitrogens is 2. The number of nitrogens with one attached hydrogen (secondary N) is 1. The second-order valence-electron chi connectivity index (χ2n) is 5.13. The Morgan fingerprint density at radius 2 is 2.23 bits per heavy atom. The van der Waals surface area contributed by atoms with Crippen LogP contribution < -0.4 is 5.32 Å². The molecule has 22 heavy (non-hydrogen) atoms. The highest BCUT2D eigenvalue weighted by molar-refractivity contribution is 5.92. The first-order chi connectivity index (χ1) is 10.6. The molecule has 0 saturated heterocycles. The maximum absolute atomic E-state index is 12.5. The van der Waals surface area contributed by atoms with Crippen LogP contribution in [-0.4, -0.2) is 29.4 Å². The van der Waals surface area contributed by atoms with E-state index in [1.54, 1.807) is 17.9 Å². The molecule has 0 spiro atoms. The molecule has 0 saturated carbocycles. The van der Waals surface area contributed by atoms with Crippen molar-refractivity contribution in [3.8, 4) is 0 Å². The zero-order valence-electron chi connectivity index (χ0n) is 13.5. The lowest BCUT2D eigenvalue weighted by molar-refractivity contribution is 0.0871. The van der Waals surface area contributed by atoms with Crippen LogP contribution in [-0.2, 0) is 17.7 Å². The van der Waals surface area contributed by atoms with Gasteiger partial charge in [0.25, 0.3) is 5.91 Å². The molecule has 0 aliphatic carbocycles. The summed E-state index contributed by atoms with van der Waals surface area (Å²) in [6.45, 7) is 6.84. The third kappa shape index (κ3) is 3.57. The van der Waals surface area contributed by atoms with Crippen molar-refractivity contribution in [1.29, 1.82) is 0 Å². The fourth-order valence-corrected chi connectivity index (χ4v) is 2.33. The Labute approximate surface area is 130 Å². The molecule has 0 aliphatic heterocycles. The first kappa shape index (κ1) is 16.3. The van der Waals surface area contributed by atoms with E-state index in [2.05, 4.69) is 10.4 Å². The predicted molar refractivity (Wildman–Crippen MR) is 82.8 cm³/mol. The van der Waals surface area contributed by atoms with Crippen LogP contribution in [0.4, 0.5) is 0 Å². The normalized spacial score (nSPS) is 12.4. The number of furan rings is 1. The van der Waals surface area contributed by atoms with E-state index < -0.39 is 0 Å². The molecule has 2 rings (SSSR count). The zero-order valence-corrected chi connectivity index (χ0v) is 13.5. The highest BCUT2D eigenvalue weighted by Gasteiger charge is 2.21. The van der Waals surface area contributed by atoms with Gasteiger partial charge in [-0.25, -0.2) is 0 Å². The Balaban J connectivity index is 2.17. The van der Waals surface area contributed by atoms with Crippen molar-refractivity contribution in [2.24, 2.45) is 0 Å². The second kappa shape index (κ2) is 7.26. The third-order valence-electron chi connectivity index (χ3n) is 3.45. The predicted octanol–water partition coefficient (Wildman–Crippen LogP) is 2.48. The van der Waals surface area contributed by atoms with Crippen LogP contribution >= 0.6 is 0 Å². The Bertz CT molecular complexity index is 630. The van der Waals surface area contributed by atoms with Gasteiger partial charge in [0.1, 0.15) is 23.3 Å². The maximum atomic E-state index is 12.5. The minimum Gasteiger partial charge on any atom is -0.464 e. The summed E-state index contributed by atoms with van der Waals surface area (Å²) >= 11 is 0. The standard InChI is InChI=1S/C16H23N3O3/c1-5-12-7-8-15(22-12)13(10-21-4)17-16(20)14-9-11(3)18-19(14)6-2/h7-9,13H,5-6,10H2,1-4H3,(H,17,20)/t13-/m1/s1. The van der Waals surface area contributed by atoms with E-state index >= 15 is 0 Å². The summed E-state index contributed by atoms with van der Waals surface area (Å²) in [6.07, 6.45) is 0.815. The largest absolute Gasteiger partial charge is 0.464 e. The van der Waals surface area contributed by atoms with Gasteiger partial charge in [-0.2, -0.15) is 5.10 Å². The molecule has 6 heteroatoms. The fourth-order valence-electron chi connectivity index (χ4n) is 2.33. The lowest BCUT2D eigenvalue weighted by Gasteiger charge is -2.16. The van der Waals surface area contributed by atoms with Crippen molar-refractivity contribution in [1.82, 2.24) is 15.1 Å². The topological polar surface area (TPSA) is 69.3 Å². The number of rotatable bonds is 7. The Morgan fingerprint density at radius 1 is 1.45 bits per heavy atom. The molecule has 2 heterocycles. The number of ether oxygens (including phenoxy) is 1. The molecule has 0 aliphatic rings. The van der Waals surface area contributed by atoms with E-state index in [0.717, 1.165) is 17.9 Å². The van der Waals surface area contributed by atoms with Crippen LogP contribution in [0.25, 0.3) is 0 Å². The highest BCUT2D eigenvalue weighted by Crippen LogP contribution is 2.18. The summed E-state index contributed by atoms with van der Waals surface area (Å²) in [4.78, 5) is 12.5. The SMILES string of the molecule is CCc1ccc([C@@H](COC)NC(=O)c2cc(C)nn2CC)o1. The third-order valence-corrected chi connectivity index (χ3v) is 3.45. The lowest BCUT2D eigenvalue weighted by atomic mass is 10.2. The highest BCUT2D eigenvalue weighted by atomic mass is 16.5. The number of nitrogens with zero attached hydrogens (tertiary/aromatic N) is 2. The molecule has 2 aromatic rings. The quantitative estimate of drug-likeness (QED) is 0.853. The van der Waals surface area contributed by atoms with Crippen molar-refractivity contribution in [3.63, 3.8) is 0 Å². The van der Waals surface area contributed by atoms with Crippen LogP contribution in [0.1, 0.15) is 47.6 Å².